The molecule has 1 aromatic rings. The molecule has 3 aliphatic rings. The van der Waals surface area contributed by atoms with E-state index in [0.29, 0.717) is 30.2 Å². The number of nitrogens with one attached hydrogen (secondary N) is 2. The average molecular weight is 450 g/mol. The van der Waals surface area contributed by atoms with Crippen LogP contribution in [-0.2, 0) is 19.6 Å². The van der Waals surface area contributed by atoms with Gasteiger partial charge in [0.15, 0.2) is 5.25 Å². The molecule has 0 bridgehead atoms. The number of likely N-dealkylation sites (tertiary alicyclic amines) is 1. The Hall–Kier alpha value is -1.84. The maximum absolute atomic E-state index is 12.7. The number of thioether (sulfide) groups is 1. The lowest BCUT2D eigenvalue weighted by Crippen LogP contribution is -2.43. The second kappa shape index (κ2) is 9.11. The van der Waals surface area contributed by atoms with E-state index in [4.69, 9.17) is 0 Å². The maximum atomic E-state index is 12.7. The van der Waals surface area contributed by atoms with Gasteiger partial charge in [-0.2, -0.15) is 0 Å². The molecule has 1 aliphatic carbocycles. The number of hydrogen-bond donors (Lipinski definition) is 2. The fourth-order valence-corrected chi connectivity index (χ4v) is 6.19. The molecule has 4 rings (SSSR count). The van der Waals surface area contributed by atoms with Crippen LogP contribution in [0.25, 0.3) is 0 Å². The number of nitrogens with zero attached hydrogens (tertiary/aromatic N) is 1. The van der Waals surface area contributed by atoms with Gasteiger partial charge < -0.3 is 10.2 Å². The molecular formula is C21H27N3O4S2. The summed E-state index contributed by atoms with van der Waals surface area (Å²) in [6.45, 7) is 1.74. The molecule has 7 nitrogen and oxygen atoms in total. The highest BCUT2D eigenvalue weighted by Gasteiger charge is 2.37. The SMILES string of the molecule is O=C1Nc2cc(S(=O)(=O)NCCC3=CCCCC3)ccc2SC1C(=O)N1CCCC1. The van der Waals surface area contributed by atoms with Gasteiger partial charge in [0.05, 0.1) is 10.6 Å². The van der Waals surface area contributed by atoms with Gasteiger partial charge >= 0.3 is 0 Å². The van der Waals surface area contributed by atoms with Gasteiger partial charge in [-0.25, -0.2) is 13.1 Å². The third-order valence-corrected chi connectivity index (χ3v) is 8.49. The molecule has 1 saturated heterocycles. The third kappa shape index (κ3) is 4.73. The zero-order chi connectivity index (χ0) is 21.1. The lowest BCUT2D eigenvalue weighted by atomic mass is 9.97. The third-order valence-electron chi connectivity index (χ3n) is 5.77. The predicted octanol–water partition coefficient (Wildman–Crippen LogP) is 2.89. The van der Waals surface area contributed by atoms with Crippen LogP contribution in [0.1, 0.15) is 44.9 Å². The summed E-state index contributed by atoms with van der Waals surface area (Å²) in [5.41, 5.74) is 1.75. The molecule has 30 heavy (non-hydrogen) atoms. The first kappa shape index (κ1) is 21.4. The minimum Gasteiger partial charge on any atom is -0.341 e. The summed E-state index contributed by atoms with van der Waals surface area (Å²) >= 11 is 1.19. The van der Waals surface area contributed by atoms with E-state index in [9.17, 15) is 18.0 Å². The molecule has 2 heterocycles. The second-order valence-corrected chi connectivity index (χ2v) is 10.8. The van der Waals surface area contributed by atoms with Gasteiger partial charge in [0, 0.05) is 24.5 Å². The van der Waals surface area contributed by atoms with Crippen LogP contribution < -0.4 is 10.0 Å². The molecule has 0 radical (unpaired) electrons. The van der Waals surface area contributed by atoms with Crippen LogP contribution in [0.2, 0.25) is 0 Å². The first-order chi connectivity index (χ1) is 14.4. The second-order valence-electron chi connectivity index (χ2n) is 7.93. The maximum Gasteiger partial charge on any atom is 0.247 e. The summed E-state index contributed by atoms with van der Waals surface area (Å²) in [5, 5.41) is 1.91. The first-order valence-corrected chi connectivity index (χ1v) is 12.9. The van der Waals surface area contributed by atoms with E-state index in [1.165, 1.54) is 42.3 Å². The number of allylic oxidation sites excluding steroid dienone is 1. The Bertz CT molecular complexity index is 968. The molecule has 1 fully saturated rings. The number of carbonyl (C=O) groups is 2. The summed E-state index contributed by atoms with van der Waals surface area (Å²) in [6, 6.07) is 4.67. The first-order valence-electron chi connectivity index (χ1n) is 10.5. The largest absolute Gasteiger partial charge is 0.341 e. The van der Waals surface area contributed by atoms with Crippen LogP contribution in [0.5, 0.6) is 0 Å². The molecule has 0 spiro atoms. The molecule has 2 N–H and O–H groups in total. The van der Waals surface area contributed by atoms with E-state index in [1.807, 2.05) is 0 Å². The molecule has 0 aromatic heterocycles. The molecule has 0 saturated carbocycles. The molecular weight excluding hydrogens is 422 g/mol. The monoisotopic (exact) mass is 449 g/mol. The van der Waals surface area contributed by atoms with Crippen molar-refractivity contribution in [1.82, 2.24) is 9.62 Å². The normalized spacial score (nSPS) is 21.7. The Morgan fingerprint density at radius 2 is 2.00 bits per heavy atom. The summed E-state index contributed by atoms with van der Waals surface area (Å²) in [5.74, 6) is -0.563. The van der Waals surface area contributed by atoms with Crippen LogP contribution in [0, 0.1) is 0 Å². The Labute approximate surface area is 181 Å². The lowest BCUT2D eigenvalue weighted by Gasteiger charge is -2.27. The Balaban J connectivity index is 1.42. The van der Waals surface area contributed by atoms with Crippen molar-refractivity contribution in [2.24, 2.45) is 0 Å². The molecule has 2 aliphatic heterocycles. The molecule has 1 aromatic carbocycles. The Kier molecular flexibility index (Phi) is 6.50. The predicted molar refractivity (Wildman–Crippen MR) is 117 cm³/mol. The van der Waals surface area contributed by atoms with Gasteiger partial charge in [0.1, 0.15) is 0 Å². The van der Waals surface area contributed by atoms with Crippen molar-refractivity contribution in [3.63, 3.8) is 0 Å². The summed E-state index contributed by atoms with van der Waals surface area (Å²) < 4.78 is 28.0. The van der Waals surface area contributed by atoms with E-state index in [2.05, 4.69) is 16.1 Å². The van der Waals surface area contributed by atoms with E-state index < -0.39 is 21.2 Å². The smallest absolute Gasteiger partial charge is 0.247 e. The number of rotatable bonds is 6. The van der Waals surface area contributed by atoms with Gasteiger partial charge in [0.25, 0.3) is 0 Å². The number of fused-ring (bicyclic) bond motifs is 1. The number of anilines is 1. The van der Waals surface area contributed by atoms with Gasteiger partial charge in [-0.05, 0) is 63.1 Å². The van der Waals surface area contributed by atoms with Crippen LogP contribution >= 0.6 is 11.8 Å². The summed E-state index contributed by atoms with van der Waals surface area (Å²) in [7, 11) is -3.67. The highest BCUT2D eigenvalue weighted by molar-refractivity contribution is 8.01. The van der Waals surface area contributed by atoms with Gasteiger partial charge in [-0.1, -0.05) is 11.6 Å². The number of hydrogen-bond acceptors (Lipinski definition) is 5. The quantitative estimate of drug-likeness (QED) is 0.514. The van der Waals surface area contributed by atoms with E-state index >= 15 is 0 Å². The van der Waals surface area contributed by atoms with Crippen molar-refractivity contribution in [3.8, 4) is 0 Å². The van der Waals surface area contributed by atoms with Crippen molar-refractivity contribution in [1.29, 1.82) is 0 Å². The fourth-order valence-electron chi connectivity index (χ4n) is 4.08. The summed E-state index contributed by atoms with van der Waals surface area (Å²) in [6.07, 6.45) is 9.35. The van der Waals surface area contributed by atoms with E-state index in [-0.39, 0.29) is 10.8 Å². The van der Waals surface area contributed by atoms with Crippen LogP contribution in [-0.4, -0.2) is 50.0 Å². The molecule has 162 valence electrons. The highest BCUT2D eigenvalue weighted by atomic mass is 32.2. The summed E-state index contributed by atoms with van der Waals surface area (Å²) in [4.78, 5) is 27.7. The van der Waals surface area contributed by atoms with Crippen LogP contribution in [0.3, 0.4) is 0 Å². The molecule has 2 amide bonds. The van der Waals surface area contributed by atoms with E-state index in [0.717, 1.165) is 32.1 Å². The van der Waals surface area contributed by atoms with Crippen LogP contribution in [0.4, 0.5) is 5.69 Å². The zero-order valence-electron chi connectivity index (χ0n) is 16.9. The average Bonchev–Trinajstić information content (AvgIpc) is 3.28. The Morgan fingerprint density at radius 1 is 1.20 bits per heavy atom. The minimum atomic E-state index is -3.67. The topological polar surface area (TPSA) is 95.6 Å². The minimum absolute atomic E-state index is 0.115. The van der Waals surface area contributed by atoms with Gasteiger partial charge in [-0.15, -0.1) is 11.8 Å². The highest BCUT2D eigenvalue weighted by Crippen LogP contribution is 2.38. The Morgan fingerprint density at radius 3 is 2.73 bits per heavy atom. The standard InChI is InChI=1S/C21H27N3O4S2/c25-20-19(21(26)24-12-4-5-13-24)29-18-9-8-16(14-17(18)23-20)30(27,28)22-11-10-15-6-2-1-3-7-15/h6,8-9,14,19,22H,1-5,7,10-13H2,(H,23,25). The van der Waals surface area contributed by atoms with Crippen molar-refractivity contribution in [2.45, 2.75) is 60.0 Å². The van der Waals surface area contributed by atoms with Crippen molar-refractivity contribution in [3.05, 3.63) is 29.8 Å². The number of benzene rings is 1. The van der Waals surface area contributed by atoms with Crippen LogP contribution in [0.15, 0.2) is 39.6 Å². The van der Waals surface area contributed by atoms with Gasteiger partial charge in [-0.3, -0.25) is 9.59 Å². The van der Waals surface area contributed by atoms with Crippen molar-refractivity contribution >= 4 is 39.3 Å². The fraction of sp³-hybridized carbons (Fsp3) is 0.524. The van der Waals surface area contributed by atoms with E-state index in [1.54, 1.807) is 11.0 Å². The molecule has 1 atom stereocenters. The zero-order valence-corrected chi connectivity index (χ0v) is 18.5. The number of carbonyl (C=O) groups excluding carboxylic acids is 2. The number of sulfonamides is 1. The molecule has 9 heteroatoms. The van der Waals surface area contributed by atoms with Crippen molar-refractivity contribution < 1.29 is 18.0 Å². The molecule has 1 unspecified atom stereocenters. The van der Waals surface area contributed by atoms with Crippen molar-refractivity contribution in [2.75, 3.05) is 25.0 Å². The lowest BCUT2D eigenvalue weighted by molar-refractivity contribution is -0.133. The number of amides is 2. The van der Waals surface area contributed by atoms with Gasteiger partial charge in [0.2, 0.25) is 21.8 Å².